The van der Waals surface area contributed by atoms with E-state index < -0.39 is 0 Å². The van der Waals surface area contributed by atoms with Gasteiger partial charge in [-0.15, -0.1) is 0 Å². The minimum atomic E-state index is 0.673. The van der Waals surface area contributed by atoms with Gasteiger partial charge in [-0.2, -0.15) is 4.37 Å². The molecule has 1 aromatic heterocycles. The van der Waals surface area contributed by atoms with Crippen molar-refractivity contribution in [2.45, 2.75) is 19.9 Å². The molecule has 8 nitrogen and oxygen atoms in total. The largest absolute Gasteiger partial charge is 0.492 e. The summed E-state index contributed by atoms with van der Waals surface area (Å²) in [4.78, 5) is 15.8. The Hall–Kier alpha value is -2.39. The first-order valence-electron chi connectivity index (χ1n) is 10.5. The van der Waals surface area contributed by atoms with Crippen LogP contribution in [0.2, 0.25) is 0 Å². The molecule has 1 saturated heterocycles. The van der Waals surface area contributed by atoms with Crippen LogP contribution in [0.1, 0.15) is 18.3 Å². The Morgan fingerprint density at radius 2 is 2.00 bits per heavy atom. The van der Waals surface area contributed by atoms with Crippen molar-refractivity contribution in [1.29, 1.82) is 0 Å². The van der Waals surface area contributed by atoms with E-state index >= 15 is 0 Å². The average molecular weight is 432 g/mol. The van der Waals surface area contributed by atoms with Crippen LogP contribution in [-0.2, 0) is 13.0 Å². The van der Waals surface area contributed by atoms with Crippen molar-refractivity contribution in [3.63, 3.8) is 0 Å². The number of aryl methyl sites for hydroxylation is 1. The number of guanidine groups is 1. The van der Waals surface area contributed by atoms with Crippen LogP contribution in [0.4, 0.5) is 5.13 Å². The predicted octanol–water partition coefficient (Wildman–Crippen LogP) is 1.94. The van der Waals surface area contributed by atoms with Crippen LogP contribution in [-0.4, -0.2) is 85.6 Å². The van der Waals surface area contributed by atoms with E-state index in [-0.39, 0.29) is 0 Å². The van der Waals surface area contributed by atoms with Gasteiger partial charge in [0.05, 0.1) is 0 Å². The highest BCUT2D eigenvalue weighted by Crippen LogP contribution is 2.20. The van der Waals surface area contributed by atoms with E-state index in [9.17, 15) is 0 Å². The molecule has 0 bridgehead atoms. The lowest BCUT2D eigenvalue weighted by Gasteiger charge is -2.36. The molecule has 0 atom stereocenters. The molecule has 1 aromatic carbocycles. The standard InChI is InChI=1S/C21H33N7OS/c1-5-19-24-21(30-25-19)28-12-10-27(11-13-28)20(22-2)23-16-17-8-6-7-9-18(17)29-15-14-26(3)4/h6-9H,5,10-16H2,1-4H3,(H,22,23). The maximum absolute atomic E-state index is 5.98. The highest BCUT2D eigenvalue weighted by atomic mass is 32.1. The molecule has 30 heavy (non-hydrogen) atoms. The van der Waals surface area contributed by atoms with Gasteiger partial charge in [0.1, 0.15) is 18.2 Å². The fourth-order valence-electron chi connectivity index (χ4n) is 3.26. The van der Waals surface area contributed by atoms with E-state index in [0.717, 1.165) is 67.4 Å². The van der Waals surface area contributed by atoms with Crippen LogP contribution in [0.3, 0.4) is 0 Å². The van der Waals surface area contributed by atoms with Gasteiger partial charge in [-0.1, -0.05) is 25.1 Å². The quantitative estimate of drug-likeness (QED) is 0.506. The lowest BCUT2D eigenvalue weighted by molar-refractivity contribution is 0.259. The summed E-state index contributed by atoms with van der Waals surface area (Å²) in [5.41, 5.74) is 1.14. The Morgan fingerprint density at radius 1 is 1.23 bits per heavy atom. The summed E-state index contributed by atoms with van der Waals surface area (Å²) in [6.45, 7) is 7.98. The summed E-state index contributed by atoms with van der Waals surface area (Å²) in [5, 5.41) is 4.53. The number of aromatic nitrogens is 2. The first-order chi connectivity index (χ1) is 14.6. The summed E-state index contributed by atoms with van der Waals surface area (Å²) < 4.78 is 10.4. The summed E-state index contributed by atoms with van der Waals surface area (Å²) >= 11 is 1.50. The number of nitrogens with zero attached hydrogens (tertiary/aromatic N) is 6. The van der Waals surface area contributed by atoms with E-state index in [2.05, 4.69) is 47.4 Å². The zero-order chi connectivity index (χ0) is 21.3. The summed E-state index contributed by atoms with van der Waals surface area (Å²) in [6, 6.07) is 8.19. The number of piperazine rings is 1. The van der Waals surface area contributed by atoms with Crippen LogP contribution < -0.4 is 15.0 Å². The zero-order valence-corrected chi connectivity index (χ0v) is 19.3. The molecule has 0 unspecified atom stereocenters. The maximum Gasteiger partial charge on any atom is 0.205 e. The molecule has 0 spiro atoms. The predicted molar refractivity (Wildman–Crippen MR) is 124 cm³/mol. The topological polar surface area (TPSA) is 69.1 Å². The number of para-hydroxylation sites is 1. The minimum Gasteiger partial charge on any atom is -0.492 e. The van der Waals surface area contributed by atoms with Gasteiger partial charge < -0.3 is 24.8 Å². The number of benzene rings is 1. The van der Waals surface area contributed by atoms with E-state index in [1.165, 1.54) is 11.5 Å². The lowest BCUT2D eigenvalue weighted by atomic mass is 10.2. The molecular formula is C21H33N7OS. The first-order valence-corrected chi connectivity index (χ1v) is 11.3. The normalized spacial score (nSPS) is 15.0. The number of anilines is 1. The van der Waals surface area contributed by atoms with Gasteiger partial charge in [-0.05, 0) is 20.2 Å². The van der Waals surface area contributed by atoms with Crippen molar-refractivity contribution in [3.8, 4) is 5.75 Å². The Balaban J connectivity index is 1.52. The molecule has 1 fully saturated rings. The Bertz CT molecular complexity index is 815. The SMILES string of the molecule is CCc1nsc(N2CCN(C(=NC)NCc3ccccc3OCCN(C)C)CC2)n1. The van der Waals surface area contributed by atoms with Gasteiger partial charge >= 0.3 is 0 Å². The summed E-state index contributed by atoms with van der Waals surface area (Å²) in [5.74, 6) is 2.78. The number of ether oxygens (including phenoxy) is 1. The van der Waals surface area contributed by atoms with E-state index in [0.29, 0.717) is 13.2 Å². The van der Waals surface area contributed by atoms with Crippen LogP contribution in [0.25, 0.3) is 0 Å². The van der Waals surface area contributed by atoms with Crippen LogP contribution in [0.5, 0.6) is 5.75 Å². The highest BCUT2D eigenvalue weighted by Gasteiger charge is 2.22. The molecule has 9 heteroatoms. The molecule has 1 aliphatic rings. The summed E-state index contributed by atoms with van der Waals surface area (Å²) in [7, 11) is 5.94. The molecule has 1 aliphatic heterocycles. The molecule has 0 radical (unpaired) electrons. The summed E-state index contributed by atoms with van der Waals surface area (Å²) in [6.07, 6.45) is 0.882. The second kappa shape index (κ2) is 11.1. The Morgan fingerprint density at radius 3 is 2.67 bits per heavy atom. The second-order valence-electron chi connectivity index (χ2n) is 7.48. The van der Waals surface area contributed by atoms with Gasteiger partial charge in [0, 0.05) is 69.8 Å². The van der Waals surface area contributed by atoms with Gasteiger partial charge in [0.25, 0.3) is 0 Å². The molecule has 3 rings (SSSR count). The van der Waals surface area contributed by atoms with Crippen molar-refractivity contribution < 1.29 is 4.74 Å². The third kappa shape index (κ3) is 6.06. The molecule has 0 saturated carbocycles. The van der Waals surface area contributed by atoms with Crippen LogP contribution in [0.15, 0.2) is 29.3 Å². The molecular weight excluding hydrogens is 398 g/mol. The van der Waals surface area contributed by atoms with Gasteiger partial charge in [0.2, 0.25) is 5.13 Å². The van der Waals surface area contributed by atoms with Crippen molar-refractivity contribution in [2.24, 2.45) is 4.99 Å². The molecule has 0 amide bonds. The highest BCUT2D eigenvalue weighted by molar-refractivity contribution is 7.09. The third-order valence-electron chi connectivity index (χ3n) is 5.04. The average Bonchev–Trinajstić information content (AvgIpc) is 3.25. The maximum atomic E-state index is 5.98. The molecule has 1 N–H and O–H groups in total. The monoisotopic (exact) mass is 431 g/mol. The molecule has 2 heterocycles. The van der Waals surface area contributed by atoms with Crippen molar-refractivity contribution in [2.75, 3.05) is 65.4 Å². The Labute approximate surface area is 183 Å². The molecule has 164 valence electrons. The third-order valence-corrected chi connectivity index (χ3v) is 5.86. The van der Waals surface area contributed by atoms with Crippen LogP contribution >= 0.6 is 11.5 Å². The number of rotatable bonds is 8. The Kier molecular flexibility index (Phi) is 8.27. The molecule has 2 aromatic rings. The number of aliphatic imine (C=N–C) groups is 1. The smallest absolute Gasteiger partial charge is 0.205 e. The lowest BCUT2D eigenvalue weighted by Crippen LogP contribution is -2.52. The van der Waals surface area contributed by atoms with Crippen molar-refractivity contribution >= 4 is 22.6 Å². The van der Waals surface area contributed by atoms with Crippen LogP contribution in [0, 0.1) is 0 Å². The number of nitrogens with one attached hydrogen (secondary N) is 1. The fourth-order valence-corrected chi connectivity index (χ4v) is 4.06. The van der Waals surface area contributed by atoms with Gasteiger partial charge in [0.15, 0.2) is 5.96 Å². The zero-order valence-electron chi connectivity index (χ0n) is 18.5. The van der Waals surface area contributed by atoms with Gasteiger partial charge in [-0.25, -0.2) is 4.98 Å². The fraction of sp³-hybridized carbons (Fsp3) is 0.571. The van der Waals surface area contributed by atoms with E-state index in [4.69, 9.17) is 4.74 Å². The van der Waals surface area contributed by atoms with E-state index in [1.807, 2.05) is 39.3 Å². The van der Waals surface area contributed by atoms with Gasteiger partial charge in [-0.3, -0.25) is 4.99 Å². The number of hydrogen-bond acceptors (Lipinski definition) is 7. The number of hydrogen-bond donors (Lipinski definition) is 1. The van der Waals surface area contributed by atoms with Crippen molar-refractivity contribution in [3.05, 3.63) is 35.7 Å². The minimum absolute atomic E-state index is 0.673. The second-order valence-corrected chi connectivity index (χ2v) is 8.21. The number of likely N-dealkylation sites (N-methyl/N-ethyl adjacent to an activating group) is 1. The van der Waals surface area contributed by atoms with E-state index in [1.54, 1.807) is 0 Å². The molecule has 0 aliphatic carbocycles. The first kappa shape index (κ1) is 22.3. The van der Waals surface area contributed by atoms with Crippen molar-refractivity contribution in [1.82, 2.24) is 24.5 Å².